The molecule has 3 aromatic heterocycles. The molecule has 0 fully saturated rings. The van der Waals surface area contributed by atoms with Crippen LogP contribution in [0.1, 0.15) is 15.9 Å². The second-order valence-corrected chi connectivity index (χ2v) is 8.16. The largest absolute Gasteiger partial charge is 0.490 e. The van der Waals surface area contributed by atoms with Gasteiger partial charge in [-0.3, -0.25) is 4.79 Å². The molecule has 2 N–H and O–H groups in total. The number of hydrogen-bond acceptors (Lipinski definition) is 5. The van der Waals surface area contributed by atoms with Crippen LogP contribution in [0.2, 0.25) is 0 Å². The molecule has 0 aliphatic rings. The Morgan fingerprint density at radius 3 is 2.23 bits per heavy atom. The average Bonchev–Trinajstić information content (AvgIpc) is 3.29. The molecule has 0 saturated heterocycles. The molecule has 0 bridgehead atoms. The Bertz CT molecular complexity index is 1630. The maximum Gasteiger partial charge on any atom is 0.490 e. The van der Waals surface area contributed by atoms with Crippen LogP contribution in [-0.4, -0.2) is 42.7 Å². The fourth-order valence-corrected chi connectivity index (χ4v) is 3.50. The highest BCUT2D eigenvalue weighted by atomic mass is 19.4. The van der Waals surface area contributed by atoms with Crippen molar-refractivity contribution >= 4 is 23.3 Å². The zero-order valence-electron chi connectivity index (χ0n) is 20.1. The third-order valence-electron chi connectivity index (χ3n) is 5.34. The number of carboxylic acids is 1. The fraction of sp³-hybridized carbons (Fsp3) is 0.0741. The van der Waals surface area contributed by atoms with E-state index in [1.165, 1.54) is 12.1 Å². The molecule has 0 aliphatic carbocycles. The lowest BCUT2D eigenvalue weighted by molar-refractivity contribution is -0.192. The molecule has 0 saturated carbocycles. The number of carbonyl (C=O) groups excluding carboxylic acids is 1. The van der Waals surface area contributed by atoms with E-state index in [4.69, 9.17) is 14.9 Å². The summed E-state index contributed by atoms with van der Waals surface area (Å²) in [7, 11) is 0. The van der Waals surface area contributed by atoms with Crippen molar-refractivity contribution in [3.05, 3.63) is 102 Å². The Morgan fingerprint density at radius 2 is 1.59 bits per heavy atom. The lowest BCUT2D eigenvalue weighted by atomic mass is 10.1. The topological polar surface area (TPSA) is 109 Å². The lowest BCUT2D eigenvalue weighted by Crippen LogP contribution is -2.21. The number of halogens is 4. The number of hydrogen-bond donors (Lipinski definition) is 2. The second-order valence-electron chi connectivity index (χ2n) is 8.16. The molecule has 0 radical (unpaired) electrons. The molecule has 3 heterocycles. The van der Waals surface area contributed by atoms with Crippen molar-refractivity contribution in [2.45, 2.75) is 13.1 Å². The maximum atomic E-state index is 13.5. The van der Waals surface area contributed by atoms with Gasteiger partial charge >= 0.3 is 12.1 Å². The summed E-state index contributed by atoms with van der Waals surface area (Å²) in [4.78, 5) is 30.5. The van der Waals surface area contributed by atoms with E-state index < -0.39 is 12.1 Å². The molecular formula is C27H19F4N5O3. The van der Waals surface area contributed by atoms with Crippen LogP contribution in [0, 0.1) is 12.7 Å². The van der Waals surface area contributed by atoms with Gasteiger partial charge in [-0.2, -0.15) is 18.3 Å². The summed E-state index contributed by atoms with van der Waals surface area (Å²) in [5, 5.41) is 14.4. The number of alkyl halides is 3. The molecule has 0 aliphatic heterocycles. The van der Waals surface area contributed by atoms with E-state index in [2.05, 4.69) is 15.4 Å². The summed E-state index contributed by atoms with van der Waals surface area (Å²) < 4.78 is 46.9. The molecule has 1 amide bonds. The van der Waals surface area contributed by atoms with Gasteiger partial charge in [0.25, 0.3) is 5.91 Å². The summed E-state index contributed by atoms with van der Waals surface area (Å²) in [6, 6.07) is 20.7. The molecular weight excluding hydrogens is 518 g/mol. The molecule has 12 heteroatoms. The third kappa shape index (κ3) is 6.42. The first-order chi connectivity index (χ1) is 18.5. The third-order valence-corrected chi connectivity index (χ3v) is 5.34. The van der Waals surface area contributed by atoms with Gasteiger partial charge in [-0.05, 0) is 67.6 Å². The van der Waals surface area contributed by atoms with Crippen molar-refractivity contribution in [1.82, 2.24) is 19.6 Å². The smallest absolute Gasteiger partial charge is 0.475 e. The van der Waals surface area contributed by atoms with E-state index in [9.17, 15) is 22.4 Å². The number of pyridine rings is 1. The van der Waals surface area contributed by atoms with E-state index in [-0.39, 0.29) is 11.7 Å². The number of carboxylic acid groups (broad SMARTS) is 1. The summed E-state index contributed by atoms with van der Waals surface area (Å²) in [6.07, 6.45) is -1.79. The number of amides is 1. The van der Waals surface area contributed by atoms with Crippen molar-refractivity contribution in [2.75, 3.05) is 5.32 Å². The highest BCUT2D eigenvalue weighted by Gasteiger charge is 2.38. The van der Waals surface area contributed by atoms with Gasteiger partial charge in [0, 0.05) is 29.1 Å². The van der Waals surface area contributed by atoms with Crippen LogP contribution < -0.4 is 5.32 Å². The number of rotatable bonds is 4. The first-order valence-electron chi connectivity index (χ1n) is 11.3. The molecule has 39 heavy (non-hydrogen) atoms. The molecule has 5 rings (SSSR count). The van der Waals surface area contributed by atoms with Crippen LogP contribution >= 0.6 is 0 Å². The van der Waals surface area contributed by atoms with Crippen molar-refractivity contribution in [3.8, 4) is 22.5 Å². The summed E-state index contributed by atoms with van der Waals surface area (Å²) in [5.41, 5.74) is 5.19. The molecule has 0 unspecified atom stereocenters. The Kier molecular flexibility index (Phi) is 7.65. The van der Waals surface area contributed by atoms with Gasteiger partial charge in [-0.15, -0.1) is 0 Å². The summed E-state index contributed by atoms with van der Waals surface area (Å²) >= 11 is 0. The van der Waals surface area contributed by atoms with Gasteiger partial charge < -0.3 is 10.4 Å². The van der Waals surface area contributed by atoms with E-state index in [0.29, 0.717) is 22.7 Å². The standard InChI is InChI=1S/C25H18FN5O.C2HF3O2/c1-16-4-6-18(7-5-16)25(32)29-21-15-19(12-14-27-21)24-23(17-8-10-20(26)11-9-17)30-22-3-2-13-28-31(22)24;3-2(4,5)1(6)7/h2-15H,1H3,(H,27,29,32);(H,6,7). The predicted molar refractivity (Wildman–Crippen MR) is 134 cm³/mol. The van der Waals surface area contributed by atoms with Crippen LogP contribution in [-0.2, 0) is 4.79 Å². The van der Waals surface area contributed by atoms with Crippen molar-refractivity contribution in [1.29, 1.82) is 0 Å². The SMILES string of the molecule is Cc1ccc(C(=O)Nc2cc(-c3c(-c4ccc(F)cc4)nc4cccnn34)ccn2)cc1.O=C(O)C(F)(F)F. The number of nitrogens with one attached hydrogen (secondary N) is 1. The second kappa shape index (κ2) is 11.1. The zero-order chi connectivity index (χ0) is 28.2. The molecule has 0 atom stereocenters. The van der Waals surface area contributed by atoms with E-state index in [0.717, 1.165) is 22.4 Å². The minimum absolute atomic E-state index is 0.246. The molecule has 0 spiro atoms. The van der Waals surface area contributed by atoms with Crippen LogP contribution in [0.5, 0.6) is 0 Å². The van der Waals surface area contributed by atoms with Crippen LogP contribution in [0.15, 0.2) is 85.2 Å². The Morgan fingerprint density at radius 1 is 0.923 bits per heavy atom. The van der Waals surface area contributed by atoms with E-state index in [1.807, 2.05) is 31.2 Å². The van der Waals surface area contributed by atoms with E-state index >= 15 is 0 Å². The highest BCUT2D eigenvalue weighted by molar-refractivity contribution is 6.04. The molecule has 5 aromatic rings. The normalized spacial score (nSPS) is 11.0. The lowest BCUT2D eigenvalue weighted by Gasteiger charge is -2.08. The molecule has 8 nitrogen and oxygen atoms in total. The van der Waals surface area contributed by atoms with Gasteiger partial charge in [-0.1, -0.05) is 17.7 Å². The predicted octanol–water partition coefficient (Wildman–Crippen LogP) is 5.79. The Balaban J connectivity index is 0.000000448. The number of imidazole rings is 1. The molecule has 2 aromatic carbocycles. The van der Waals surface area contributed by atoms with Gasteiger partial charge in [0.1, 0.15) is 17.3 Å². The number of aromatic nitrogens is 4. The molecule has 198 valence electrons. The fourth-order valence-electron chi connectivity index (χ4n) is 3.50. The number of nitrogens with zero attached hydrogens (tertiary/aromatic N) is 4. The van der Waals surface area contributed by atoms with Gasteiger partial charge in [0.05, 0.1) is 5.69 Å². The van der Waals surface area contributed by atoms with E-state index in [1.54, 1.807) is 53.3 Å². The number of aryl methyl sites for hydroxylation is 1. The van der Waals surface area contributed by atoms with Gasteiger partial charge in [0.2, 0.25) is 0 Å². The minimum Gasteiger partial charge on any atom is -0.475 e. The number of aliphatic carboxylic acids is 1. The monoisotopic (exact) mass is 537 g/mol. The number of fused-ring (bicyclic) bond motifs is 1. The summed E-state index contributed by atoms with van der Waals surface area (Å²) in [6.45, 7) is 1.97. The Hall–Kier alpha value is -5.13. The number of anilines is 1. The number of carbonyl (C=O) groups is 2. The summed E-state index contributed by atoms with van der Waals surface area (Å²) in [5.74, 6) is -2.91. The zero-order valence-corrected chi connectivity index (χ0v) is 20.1. The first-order valence-corrected chi connectivity index (χ1v) is 11.3. The number of benzene rings is 2. The minimum atomic E-state index is -5.08. The van der Waals surface area contributed by atoms with Crippen molar-refractivity contribution < 1.29 is 32.3 Å². The van der Waals surface area contributed by atoms with Gasteiger partial charge in [-0.25, -0.2) is 23.7 Å². The van der Waals surface area contributed by atoms with Crippen LogP contribution in [0.4, 0.5) is 23.4 Å². The van der Waals surface area contributed by atoms with Crippen LogP contribution in [0.3, 0.4) is 0 Å². The Labute approximate surface area is 218 Å². The van der Waals surface area contributed by atoms with Crippen LogP contribution in [0.25, 0.3) is 28.2 Å². The van der Waals surface area contributed by atoms with Gasteiger partial charge in [0.15, 0.2) is 5.65 Å². The maximum absolute atomic E-state index is 13.5. The van der Waals surface area contributed by atoms with Crippen molar-refractivity contribution in [3.63, 3.8) is 0 Å². The average molecular weight is 537 g/mol. The van der Waals surface area contributed by atoms with Crippen molar-refractivity contribution in [2.24, 2.45) is 0 Å². The quantitative estimate of drug-likeness (QED) is 0.281. The first kappa shape index (κ1) is 26.9. The highest BCUT2D eigenvalue weighted by Crippen LogP contribution is 2.33.